The van der Waals surface area contributed by atoms with E-state index in [1.54, 1.807) is 10.6 Å². The minimum atomic E-state index is -0.577. The quantitative estimate of drug-likeness (QED) is 0.136. The van der Waals surface area contributed by atoms with Crippen molar-refractivity contribution in [2.24, 2.45) is 33.0 Å². The Hall–Kier alpha value is -3.20. The Balaban J connectivity index is 1.18. The van der Waals surface area contributed by atoms with Crippen molar-refractivity contribution in [1.29, 1.82) is 0 Å². The lowest BCUT2D eigenvalue weighted by atomic mass is 9.34. The number of nitro groups is 1. The van der Waals surface area contributed by atoms with Gasteiger partial charge in [-0.05, 0) is 133 Å². The molecule has 248 valence electrons. The molecular formula is C36H46ClN3O6. The van der Waals surface area contributed by atoms with Crippen molar-refractivity contribution >= 4 is 29.2 Å². The molecule has 0 aromatic carbocycles. The summed E-state index contributed by atoms with van der Waals surface area (Å²) in [6, 6.07) is 0. The fourth-order valence-corrected chi connectivity index (χ4v) is 10.2. The molecule has 9 nitrogen and oxygen atoms in total. The van der Waals surface area contributed by atoms with Crippen LogP contribution in [0.5, 0.6) is 0 Å². The van der Waals surface area contributed by atoms with Crippen molar-refractivity contribution in [2.45, 2.75) is 106 Å². The van der Waals surface area contributed by atoms with Gasteiger partial charge >= 0.3 is 17.1 Å². The molecule has 0 bridgehead atoms. The van der Waals surface area contributed by atoms with E-state index in [2.05, 4.69) is 51.8 Å². The second-order valence-corrected chi connectivity index (χ2v) is 16.1. The van der Waals surface area contributed by atoms with E-state index in [4.69, 9.17) is 16.3 Å². The zero-order chi connectivity index (χ0) is 33.4. The van der Waals surface area contributed by atoms with Crippen LogP contribution in [0.3, 0.4) is 0 Å². The molecule has 3 saturated carbocycles. The number of esters is 1. The molecule has 6 rings (SSSR count). The highest BCUT2D eigenvalue weighted by molar-refractivity contribution is 6.28. The Morgan fingerprint density at radius 3 is 2.52 bits per heavy atom. The second-order valence-electron chi connectivity index (χ2n) is 15.8. The number of halogens is 1. The highest BCUT2D eigenvalue weighted by Gasteiger charge is 2.67. The first-order chi connectivity index (χ1) is 21.5. The molecule has 1 heterocycles. The lowest BCUT2D eigenvalue weighted by Gasteiger charge is -2.70. The number of nitrogens with zero attached hydrogens (tertiary/aromatic N) is 3. The smallest absolute Gasteiger partial charge is 0.383 e. The van der Waals surface area contributed by atoms with Gasteiger partial charge in [0.1, 0.15) is 6.20 Å². The van der Waals surface area contributed by atoms with Crippen LogP contribution in [0.1, 0.15) is 99.3 Å². The summed E-state index contributed by atoms with van der Waals surface area (Å²) < 4.78 is 7.45. The fourth-order valence-electron chi connectivity index (χ4n) is 9.99. The number of aromatic nitrogens is 2. The summed E-state index contributed by atoms with van der Waals surface area (Å²) in [6.45, 7) is 14.2. The fraction of sp³-hybridized carbons (Fsp3) is 0.639. The van der Waals surface area contributed by atoms with Gasteiger partial charge in [0.25, 0.3) is 0 Å². The SMILES string of the molecule is CC1=C(O)C(=O)C=C2C1=CC=C1[C@@]2(C)CC[C@@]2(C)[C@@H]3C[C@](C)(C(=O)OCCCCn4cc([N+](=O)[O-])nc4Cl)CC[C@]3(C)CC[C@]12C. The molecule has 6 atom stereocenters. The zero-order valence-corrected chi connectivity index (χ0v) is 28.6. The van der Waals surface area contributed by atoms with Crippen LogP contribution in [0, 0.1) is 43.1 Å². The largest absolute Gasteiger partial charge is 0.504 e. The third kappa shape index (κ3) is 4.74. The van der Waals surface area contributed by atoms with Gasteiger partial charge in [0.05, 0.1) is 12.0 Å². The van der Waals surface area contributed by atoms with Crippen molar-refractivity contribution in [1.82, 2.24) is 9.55 Å². The lowest BCUT2D eigenvalue weighted by Crippen LogP contribution is -2.62. The van der Waals surface area contributed by atoms with Gasteiger partial charge in [-0.25, -0.2) is 0 Å². The maximum absolute atomic E-state index is 13.7. The van der Waals surface area contributed by atoms with Gasteiger partial charge in [-0.3, -0.25) is 14.2 Å². The Kier molecular flexibility index (Phi) is 7.77. The third-order valence-electron chi connectivity index (χ3n) is 13.3. The van der Waals surface area contributed by atoms with Crippen molar-refractivity contribution < 1.29 is 24.4 Å². The summed E-state index contributed by atoms with van der Waals surface area (Å²) in [4.78, 5) is 40.6. The molecule has 0 aliphatic heterocycles. The highest BCUT2D eigenvalue weighted by atomic mass is 35.5. The maximum Gasteiger partial charge on any atom is 0.383 e. The number of ketones is 1. The number of aliphatic hydroxyl groups excluding tert-OH is 1. The first-order valence-electron chi connectivity index (χ1n) is 16.6. The number of carbonyl (C=O) groups is 2. The predicted molar refractivity (Wildman–Crippen MR) is 175 cm³/mol. The van der Waals surface area contributed by atoms with Crippen molar-refractivity contribution in [2.75, 3.05) is 6.61 Å². The van der Waals surface area contributed by atoms with Gasteiger partial charge in [-0.1, -0.05) is 45.4 Å². The zero-order valence-electron chi connectivity index (χ0n) is 27.9. The average molecular weight is 652 g/mol. The van der Waals surface area contributed by atoms with Gasteiger partial charge in [-0.15, -0.1) is 0 Å². The first kappa shape index (κ1) is 32.7. The normalized spacial score (nSPS) is 36.8. The van der Waals surface area contributed by atoms with E-state index in [1.807, 2.05) is 6.92 Å². The van der Waals surface area contributed by atoms with Gasteiger partial charge in [-0.2, -0.15) is 0 Å². The van der Waals surface area contributed by atoms with Crippen LogP contribution in [0.25, 0.3) is 0 Å². The van der Waals surface area contributed by atoms with Crippen LogP contribution in [0.2, 0.25) is 5.28 Å². The number of aryl methyl sites for hydroxylation is 1. The summed E-state index contributed by atoms with van der Waals surface area (Å²) in [6.07, 6.45) is 15.3. The number of hydrogen-bond donors (Lipinski definition) is 1. The molecule has 0 spiro atoms. The number of carbonyl (C=O) groups excluding carboxylic acids is 2. The molecule has 46 heavy (non-hydrogen) atoms. The summed E-state index contributed by atoms with van der Waals surface area (Å²) in [5.41, 5.74) is 3.16. The monoisotopic (exact) mass is 651 g/mol. The minimum Gasteiger partial charge on any atom is -0.504 e. The molecule has 0 radical (unpaired) electrons. The number of imidazole rings is 1. The lowest BCUT2D eigenvalue weighted by molar-refractivity contribution is -0.389. The van der Waals surface area contributed by atoms with Crippen LogP contribution >= 0.6 is 11.6 Å². The molecule has 1 N–H and O–H groups in total. The Bertz CT molecular complexity index is 1650. The Morgan fingerprint density at radius 1 is 1.11 bits per heavy atom. The third-order valence-corrected chi connectivity index (χ3v) is 13.6. The number of unbranched alkanes of at least 4 members (excludes halogenated alkanes) is 1. The van der Waals surface area contributed by atoms with Gasteiger partial charge in [0.15, 0.2) is 5.76 Å². The van der Waals surface area contributed by atoms with Crippen LogP contribution in [-0.4, -0.2) is 37.9 Å². The van der Waals surface area contributed by atoms with E-state index in [0.717, 1.165) is 56.1 Å². The molecule has 0 saturated heterocycles. The Morgan fingerprint density at radius 2 is 1.83 bits per heavy atom. The maximum atomic E-state index is 13.7. The van der Waals surface area contributed by atoms with Crippen LogP contribution in [0.15, 0.2) is 52.5 Å². The standard InChI is InChI=1S/C36H46ClN3O6/c1-22-23-9-10-26-34(4,24(23)19-25(41)29(22)42)14-16-36(6)27-20-33(3,12-11-32(27,2)13-15-35(26,36)5)30(43)46-18-8-7-17-39-21-28(40(44)45)38-31(39)37/h9-10,19,21,27,42H,7-8,11-18,20H2,1-6H3/t27-,32-,33-,34+,35-,36+/m1/s1. The van der Waals surface area contributed by atoms with Crippen LogP contribution in [-0.2, 0) is 20.9 Å². The van der Waals surface area contributed by atoms with Gasteiger partial charge < -0.3 is 20.0 Å². The summed E-state index contributed by atoms with van der Waals surface area (Å²) in [5, 5.41) is 21.5. The topological polar surface area (TPSA) is 125 Å². The molecule has 3 fully saturated rings. The van der Waals surface area contributed by atoms with E-state index >= 15 is 0 Å². The molecule has 0 unspecified atom stereocenters. The number of rotatable bonds is 7. The average Bonchev–Trinajstić information content (AvgIpc) is 3.39. The number of hydrogen-bond acceptors (Lipinski definition) is 7. The van der Waals surface area contributed by atoms with Crippen molar-refractivity contribution in [3.05, 3.63) is 67.9 Å². The molecule has 1 aromatic rings. The van der Waals surface area contributed by atoms with Crippen molar-refractivity contribution in [3.8, 4) is 0 Å². The first-order valence-corrected chi connectivity index (χ1v) is 17.0. The number of ether oxygens (including phenoxy) is 1. The summed E-state index contributed by atoms with van der Waals surface area (Å²) in [7, 11) is 0. The molecule has 0 amide bonds. The summed E-state index contributed by atoms with van der Waals surface area (Å²) in [5.74, 6) is -0.554. The molecule has 5 aliphatic rings. The van der Waals surface area contributed by atoms with Crippen molar-refractivity contribution in [3.63, 3.8) is 0 Å². The Labute approximate surface area is 276 Å². The predicted octanol–water partition coefficient (Wildman–Crippen LogP) is 8.39. The van der Waals surface area contributed by atoms with E-state index in [1.165, 1.54) is 11.8 Å². The van der Waals surface area contributed by atoms with E-state index in [0.29, 0.717) is 30.9 Å². The van der Waals surface area contributed by atoms with E-state index in [-0.39, 0.29) is 56.9 Å². The number of fused-ring (bicyclic) bond motifs is 7. The molecule has 1 aromatic heterocycles. The molecule has 5 aliphatic carbocycles. The second kappa shape index (κ2) is 10.9. The van der Waals surface area contributed by atoms with Crippen LogP contribution in [0.4, 0.5) is 5.82 Å². The number of allylic oxidation sites excluding steroid dienone is 7. The summed E-state index contributed by atoms with van der Waals surface area (Å²) >= 11 is 6.03. The highest BCUT2D eigenvalue weighted by Crippen LogP contribution is 2.75. The van der Waals surface area contributed by atoms with E-state index < -0.39 is 10.3 Å². The van der Waals surface area contributed by atoms with Gasteiger partial charge in [0.2, 0.25) is 5.78 Å². The number of aliphatic hydroxyl groups is 1. The van der Waals surface area contributed by atoms with Crippen LogP contribution < -0.4 is 0 Å². The van der Waals surface area contributed by atoms with Gasteiger partial charge in [0, 0.05) is 17.5 Å². The van der Waals surface area contributed by atoms with E-state index in [9.17, 15) is 24.8 Å². The molecular weight excluding hydrogens is 606 g/mol. The minimum absolute atomic E-state index is 0.0441. The molecule has 10 heteroatoms.